The van der Waals surface area contributed by atoms with Crippen LogP contribution < -0.4 is 5.32 Å². The standard InChI is InChI=1S/C15H18FN3OS3/c1-4-7-21-14-18-19-15(23-14)22-10(3)13(20)17-11-6-5-9(2)12(16)8-11/h5-6,8,10H,4,7H2,1-3H3,(H,17,20)/t10-/m0/s1. The maximum Gasteiger partial charge on any atom is 0.237 e. The van der Waals surface area contributed by atoms with Crippen LogP contribution in [0.1, 0.15) is 25.8 Å². The molecule has 0 unspecified atom stereocenters. The van der Waals surface area contributed by atoms with E-state index in [1.807, 2.05) is 0 Å². The Labute approximate surface area is 147 Å². The Morgan fingerprint density at radius 2 is 2.13 bits per heavy atom. The number of anilines is 1. The Balaban J connectivity index is 1.91. The predicted octanol–water partition coefficient (Wildman–Crippen LogP) is 4.61. The van der Waals surface area contributed by atoms with Gasteiger partial charge >= 0.3 is 0 Å². The van der Waals surface area contributed by atoms with Crippen LogP contribution in [0, 0.1) is 12.7 Å². The van der Waals surface area contributed by atoms with Crippen LogP contribution in [0.3, 0.4) is 0 Å². The normalized spacial score (nSPS) is 12.2. The third kappa shape index (κ3) is 5.47. The molecule has 1 N–H and O–H groups in total. The number of rotatable bonds is 7. The quantitative estimate of drug-likeness (QED) is 0.721. The zero-order valence-corrected chi connectivity index (χ0v) is 15.6. The second-order valence-corrected chi connectivity index (χ2v) is 8.80. The molecular weight excluding hydrogens is 353 g/mol. The molecule has 4 nitrogen and oxygen atoms in total. The summed E-state index contributed by atoms with van der Waals surface area (Å²) in [5.41, 5.74) is 1.01. The van der Waals surface area contributed by atoms with Gasteiger partial charge in [-0.2, -0.15) is 0 Å². The molecule has 0 bridgehead atoms. The zero-order chi connectivity index (χ0) is 16.8. The monoisotopic (exact) mass is 371 g/mol. The molecule has 1 atom stereocenters. The van der Waals surface area contributed by atoms with Crippen LogP contribution in [0.15, 0.2) is 26.9 Å². The first-order valence-corrected chi connectivity index (χ1v) is 9.87. The summed E-state index contributed by atoms with van der Waals surface area (Å²) in [6.07, 6.45) is 1.08. The summed E-state index contributed by atoms with van der Waals surface area (Å²) >= 11 is 4.52. The van der Waals surface area contributed by atoms with Crippen molar-refractivity contribution in [2.24, 2.45) is 0 Å². The molecule has 0 aliphatic heterocycles. The van der Waals surface area contributed by atoms with Crippen LogP contribution >= 0.6 is 34.9 Å². The van der Waals surface area contributed by atoms with E-state index >= 15 is 0 Å². The molecule has 0 radical (unpaired) electrons. The third-order valence-corrected chi connectivity index (χ3v) is 6.35. The number of benzene rings is 1. The first kappa shape index (κ1) is 18.2. The van der Waals surface area contributed by atoms with Gasteiger partial charge in [-0.1, -0.05) is 47.9 Å². The first-order valence-electron chi connectivity index (χ1n) is 7.19. The largest absolute Gasteiger partial charge is 0.325 e. The van der Waals surface area contributed by atoms with Crippen LogP contribution in [0.5, 0.6) is 0 Å². The molecule has 0 aliphatic carbocycles. The maximum absolute atomic E-state index is 13.5. The van der Waals surface area contributed by atoms with Crippen molar-refractivity contribution in [3.05, 3.63) is 29.6 Å². The fraction of sp³-hybridized carbons (Fsp3) is 0.400. The van der Waals surface area contributed by atoms with Crippen LogP contribution in [-0.4, -0.2) is 27.1 Å². The molecule has 2 rings (SSSR count). The van der Waals surface area contributed by atoms with Crippen molar-refractivity contribution in [1.82, 2.24) is 10.2 Å². The van der Waals surface area contributed by atoms with Crippen molar-refractivity contribution in [1.29, 1.82) is 0 Å². The average Bonchev–Trinajstić information content (AvgIpc) is 2.96. The van der Waals surface area contributed by atoms with Crippen molar-refractivity contribution in [2.75, 3.05) is 11.1 Å². The van der Waals surface area contributed by atoms with Gasteiger partial charge in [0.1, 0.15) is 5.82 Å². The van der Waals surface area contributed by atoms with Gasteiger partial charge in [-0.25, -0.2) is 4.39 Å². The summed E-state index contributed by atoms with van der Waals surface area (Å²) in [4.78, 5) is 12.2. The van der Waals surface area contributed by atoms with Crippen molar-refractivity contribution in [2.45, 2.75) is 41.1 Å². The molecule has 23 heavy (non-hydrogen) atoms. The van der Waals surface area contributed by atoms with E-state index in [1.165, 1.54) is 29.2 Å². The van der Waals surface area contributed by atoms with E-state index in [2.05, 4.69) is 22.4 Å². The third-order valence-electron chi connectivity index (χ3n) is 2.90. The highest BCUT2D eigenvalue weighted by Gasteiger charge is 2.17. The number of amides is 1. The molecule has 1 amide bonds. The van der Waals surface area contributed by atoms with Crippen molar-refractivity contribution in [3.63, 3.8) is 0 Å². The SMILES string of the molecule is CCCSc1nnc(S[C@@H](C)C(=O)Nc2ccc(C)c(F)c2)s1. The summed E-state index contributed by atoms with van der Waals surface area (Å²) in [5, 5.41) is 10.6. The molecule has 1 heterocycles. The number of carbonyl (C=O) groups is 1. The summed E-state index contributed by atoms with van der Waals surface area (Å²) in [7, 11) is 0. The number of aromatic nitrogens is 2. The Morgan fingerprint density at radius 1 is 1.39 bits per heavy atom. The fourth-order valence-corrected chi connectivity index (χ4v) is 4.70. The molecule has 0 saturated heterocycles. The number of hydrogen-bond donors (Lipinski definition) is 1. The van der Waals surface area contributed by atoms with Gasteiger partial charge in [0.15, 0.2) is 8.68 Å². The fourth-order valence-electron chi connectivity index (χ4n) is 1.61. The van der Waals surface area contributed by atoms with Crippen molar-refractivity contribution < 1.29 is 9.18 Å². The number of halogens is 1. The van der Waals surface area contributed by atoms with E-state index in [0.717, 1.165) is 20.9 Å². The molecular formula is C15H18FN3OS3. The zero-order valence-electron chi connectivity index (χ0n) is 13.1. The second-order valence-electron chi connectivity index (χ2n) is 4.90. The lowest BCUT2D eigenvalue weighted by Gasteiger charge is -2.10. The molecule has 0 aliphatic rings. The van der Waals surface area contributed by atoms with E-state index in [-0.39, 0.29) is 17.0 Å². The van der Waals surface area contributed by atoms with Gasteiger partial charge in [0.2, 0.25) is 5.91 Å². The van der Waals surface area contributed by atoms with Gasteiger partial charge in [-0.15, -0.1) is 10.2 Å². The van der Waals surface area contributed by atoms with E-state index in [0.29, 0.717) is 11.3 Å². The molecule has 1 aromatic carbocycles. The van der Waals surface area contributed by atoms with E-state index < -0.39 is 0 Å². The van der Waals surface area contributed by atoms with Crippen LogP contribution in [-0.2, 0) is 4.79 Å². The average molecular weight is 372 g/mol. The highest BCUT2D eigenvalue weighted by Crippen LogP contribution is 2.31. The lowest BCUT2D eigenvalue weighted by Crippen LogP contribution is -2.22. The smallest absolute Gasteiger partial charge is 0.237 e. The summed E-state index contributed by atoms with van der Waals surface area (Å²) < 4.78 is 15.2. The minimum absolute atomic E-state index is 0.184. The molecule has 2 aromatic rings. The van der Waals surface area contributed by atoms with E-state index in [9.17, 15) is 9.18 Å². The highest BCUT2D eigenvalue weighted by atomic mass is 32.2. The van der Waals surface area contributed by atoms with Crippen molar-refractivity contribution in [3.8, 4) is 0 Å². The van der Waals surface area contributed by atoms with Gasteiger partial charge in [0, 0.05) is 11.4 Å². The Kier molecular flexibility index (Phi) is 6.86. The molecule has 1 aromatic heterocycles. The Hall–Kier alpha value is -1.12. The van der Waals surface area contributed by atoms with Crippen LogP contribution in [0.2, 0.25) is 0 Å². The van der Waals surface area contributed by atoms with Gasteiger partial charge in [0.05, 0.1) is 5.25 Å². The maximum atomic E-state index is 13.5. The van der Waals surface area contributed by atoms with E-state index in [4.69, 9.17) is 0 Å². The lowest BCUT2D eigenvalue weighted by atomic mass is 10.2. The first-order chi connectivity index (χ1) is 11.0. The predicted molar refractivity (Wildman–Crippen MR) is 96.0 cm³/mol. The number of aryl methyl sites for hydroxylation is 1. The van der Waals surface area contributed by atoms with Gasteiger partial charge < -0.3 is 5.32 Å². The van der Waals surface area contributed by atoms with Gasteiger partial charge in [-0.05, 0) is 38.0 Å². The molecule has 0 saturated carbocycles. The highest BCUT2D eigenvalue weighted by molar-refractivity contribution is 8.03. The van der Waals surface area contributed by atoms with Gasteiger partial charge in [-0.3, -0.25) is 4.79 Å². The molecule has 0 spiro atoms. The molecule has 8 heteroatoms. The topological polar surface area (TPSA) is 54.9 Å². The Bertz CT molecular complexity index is 678. The minimum atomic E-state index is -0.337. The second kappa shape index (κ2) is 8.65. The summed E-state index contributed by atoms with van der Waals surface area (Å²) in [6, 6.07) is 4.66. The van der Waals surface area contributed by atoms with Gasteiger partial charge in [0.25, 0.3) is 0 Å². The minimum Gasteiger partial charge on any atom is -0.325 e. The number of nitrogens with zero attached hydrogens (tertiary/aromatic N) is 2. The molecule has 124 valence electrons. The van der Waals surface area contributed by atoms with Crippen LogP contribution in [0.25, 0.3) is 0 Å². The lowest BCUT2D eigenvalue weighted by molar-refractivity contribution is -0.115. The summed E-state index contributed by atoms with van der Waals surface area (Å²) in [6.45, 7) is 5.60. The number of nitrogens with one attached hydrogen (secondary N) is 1. The summed E-state index contributed by atoms with van der Waals surface area (Å²) in [5.74, 6) is 0.495. The number of thioether (sulfide) groups is 2. The number of carbonyl (C=O) groups excluding carboxylic acids is 1. The van der Waals surface area contributed by atoms with Crippen molar-refractivity contribution >= 4 is 46.5 Å². The Morgan fingerprint density at radius 3 is 2.83 bits per heavy atom. The van der Waals surface area contributed by atoms with Crippen LogP contribution in [0.4, 0.5) is 10.1 Å². The van der Waals surface area contributed by atoms with E-state index in [1.54, 1.807) is 37.7 Å². The molecule has 0 fully saturated rings. The number of hydrogen-bond acceptors (Lipinski definition) is 6.